The maximum atomic E-state index is 9.26. The minimum Gasteiger partial charge on any atom is -0.395 e. The van der Waals surface area contributed by atoms with Gasteiger partial charge >= 0.3 is 0 Å². The Morgan fingerprint density at radius 3 is 2.38 bits per heavy atom. The highest BCUT2D eigenvalue weighted by Crippen LogP contribution is 2.26. The van der Waals surface area contributed by atoms with Crippen LogP contribution < -0.4 is 0 Å². The van der Waals surface area contributed by atoms with E-state index in [1.807, 2.05) is 0 Å². The largest absolute Gasteiger partial charge is 0.395 e. The lowest BCUT2D eigenvalue weighted by molar-refractivity contribution is 0.218. The van der Waals surface area contributed by atoms with Crippen LogP contribution in [0.2, 0.25) is 0 Å². The summed E-state index contributed by atoms with van der Waals surface area (Å²) in [5.74, 6) is 0. The van der Waals surface area contributed by atoms with Crippen molar-refractivity contribution in [1.29, 1.82) is 0 Å². The van der Waals surface area contributed by atoms with Crippen LogP contribution in [-0.4, -0.2) is 11.7 Å². The van der Waals surface area contributed by atoms with Gasteiger partial charge in [-0.15, -0.1) is 0 Å². The molecule has 1 rings (SSSR count). The molecule has 0 atom stereocenters. The van der Waals surface area contributed by atoms with Crippen LogP contribution in [-0.2, 0) is 5.41 Å². The van der Waals surface area contributed by atoms with Crippen molar-refractivity contribution in [1.82, 2.24) is 0 Å². The van der Waals surface area contributed by atoms with Gasteiger partial charge in [0.05, 0.1) is 6.61 Å². The summed E-state index contributed by atoms with van der Waals surface area (Å²) < 4.78 is 0. The van der Waals surface area contributed by atoms with E-state index in [4.69, 9.17) is 0 Å². The molecule has 0 aliphatic carbocycles. The van der Waals surface area contributed by atoms with Gasteiger partial charge in [0, 0.05) is 5.41 Å². The smallest absolute Gasteiger partial charge is 0.0522 e. The number of aryl methyl sites for hydroxylation is 1. The molecule has 72 valence electrons. The minimum atomic E-state index is -0.129. The van der Waals surface area contributed by atoms with Crippen LogP contribution in [0, 0.1) is 13.8 Å². The van der Waals surface area contributed by atoms with E-state index >= 15 is 0 Å². The summed E-state index contributed by atoms with van der Waals surface area (Å²) in [5, 5.41) is 9.26. The second kappa shape index (κ2) is 3.51. The lowest BCUT2D eigenvalue weighted by atomic mass is 9.82. The first-order valence-corrected chi connectivity index (χ1v) is 4.66. The zero-order valence-electron chi connectivity index (χ0n) is 8.89. The van der Waals surface area contributed by atoms with Crippen LogP contribution in [0.3, 0.4) is 0 Å². The van der Waals surface area contributed by atoms with Crippen LogP contribution in [0.15, 0.2) is 18.2 Å². The van der Waals surface area contributed by atoms with Gasteiger partial charge in [0.15, 0.2) is 0 Å². The third kappa shape index (κ3) is 1.92. The Labute approximate surface area is 80.4 Å². The van der Waals surface area contributed by atoms with Gasteiger partial charge in [-0.05, 0) is 30.5 Å². The second-order valence-corrected chi connectivity index (χ2v) is 4.29. The first kappa shape index (κ1) is 10.3. The predicted octanol–water partition coefficient (Wildman–Crippen LogP) is 2.57. The molecule has 0 fully saturated rings. The average molecular weight is 178 g/mol. The van der Waals surface area contributed by atoms with Gasteiger partial charge in [-0.3, -0.25) is 0 Å². The molecule has 0 heterocycles. The molecule has 0 radical (unpaired) electrons. The lowest BCUT2D eigenvalue weighted by Crippen LogP contribution is -2.23. The SMILES string of the molecule is Cc1cccc(C(C)(C)CO)c1C. The molecular formula is C12H18O. The van der Waals surface area contributed by atoms with E-state index in [1.54, 1.807) is 0 Å². The average Bonchev–Trinajstić information content (AvgIpc) is 2.09. The fraction of sp³-hybridized carbons (Fsp3) is 0.500. The lowest BCUT2D eigenvalue weighted by Gasteiger charge is -2.25. The first-order valence-electron chi connectivity index (χ1n) is 4.66. The first-order chi connectivity index (χ1) is 5.99. The summed E-state index contributed by atoms with van der Waals surface area (Å²) in [6, 6.07) is 6.25. The van der Waals surface area contributed by atoms with Crippen molar-refractivity contribution < 1.29 is 5.11 Å². The number of benzene rings is 1. The highest BCUT2D eigenvalue weighted by Gasteiger charge is 2.21. The van der Waals surface area contributed by atoms with E-state index < -0.39 is 0 Å². The maximum absolute atomic E-state index is 9.26. The zero-order chi connectivity index (χ0) is 10.1. The fourth-order valence-electron chi connectivity index (χ4n) is 1.57. The molecule has 1 heteroatoms. The highest BCUT2D eigenvalue weighted by molar-refractivity contribution is 5.37. The summed E-state index contributed by atoms with van der Waals surface area (Å²) in [6.07, 6.45) is 0. The molecule has 1 aromatic rings. The highest BCUT2D eigenvalue weighted by atomic mass is 16.3. The molecule has 13 heavy (non-hydrogen) atoms. The van der Waals surface area contributed by atoms with Crippen molar-refractivity contribution >= 4 is 0 Å². The Hall–Kier alpha value is -0.820. The molecule has 0 aromatic heterocycles. The summed E-state index contributed by atoms with van der Waals surface area (Å²) in [7, 11) is 0. The summed E-state index contributed by atoms with van der Waals surface area (Å²) >= 11 is 0. The Bertz CT molecular complexity index is 300. The number of aliphatic hydroxyl groups excluding tert-OH is 1. The van der Waals surface area contributed by atoms with Gasteiger partial charge in [0.1, 0.15) is 0 Å². The monoisotopic (exact) mass is 178 g/mol. The number of aliphatic hydroxyl groups is 1. The number of rotatable bonds is 2. The van der Waals surface area contributed by atoms with Gasteiger partial charge in [-0.1, -0.05) is 32.0 Å². The summed E-state index contributed by atoms with van der Waals surface area (Å²) in [4.78, 5) is 0. The molecular weight excluding hydrogens is 160 g/mol. The molecule has 0 saturated carbocycles. The molecule has 1 nitrogen and oxygen atoms in total. The van der Waals surface area contributed by atoms with Crippen LogP contribution in [0.25, 0.3) is 0 Å². The third-order valence-corrected chi connectivity index (χ3v) is 2.73. The summed E-state index contributed by atoms with van der Waals surface area (Å²) in [5.41, 5.74) is 3.70. The zero-order valence-corrected chi connectivity index (χ0v) is 8.89. The molecule has 0 aliphatic heterocycles. The Balaban J connectivity index is 3.22. The van der Waals surface area contributed by atoms with Crippen molar-refractivity contribution in [3.8, 4) is 0 Å². The van der Waals surface area contributed by atoms with Gasteiger partial charge in [-0.25, -0.2) is 0 Å². The van der Waals surface area contributed by atoms with Crippen LogP contribution >= 0.6 is 0 Å². The van der Waals surface area contributed by atoms with Crippen molar-refractivity contribution in [2.45, 2.75) is 33.1 Å². The molecule has 0 amide bonds. The van der Waals surface area contributed by atoms with E-state index in [-0.39, 0.29) is 12.0 Å². The number of hydrogen-bond acceptors (Lipinski definition) is 1. The third-order valence-electron chi connectivity index (χ3n) is 2.73. The van der Waals surface area contributed by atoms with Gasteiger partial charge in [0.2, 0.25) is 0 Å². The van der Waals surface area contributed by atoms with E-state index in [1.165, 1.54) is 16.7 Å². The van der Waals surface area contributed by atoms with E-state index in [9.17, 15) is 5.11 Å². The van der Waals surface area contributed by atoms with E-state index in [2.05, 4.69) is 45.9 Å². The predicted molar refractivity (Wildman–Crippen MR) is 56.0 cm³/mol. The van der Waals surface area contributed by atoms with Crippen LogP contribution in [0.5, 0.6) is 0 Å². The van der Waals surface area contributed by atoms with Crippen LogP contribution in [0.1, 0.15) is 30.5 Å². The molecule has 0 unspecified atom stereocenters. The molecule has 0 saturated heterocycles. The minimum absolute atomic E-state index is 0.129. The molecule has 1 N–H and O–H groups in total. The molecule has 0 spiro atoms. The quantitative estimate of drug-likeness (QED) is 0.738. The molecule has 0 bridgehead atoms. The van der Waals surface area contributed by atoms with E-state index in [0.717, 1.165) is 0 Å². The van der Waals surface area contributed by atoms with Crippen molar-refractivity contribution in [2.75, 3.05) is 6.61 Å². The van der Waals surface area contributed by atoms with Gasteiger partial charge < -0.3 is 5.11 Å². The van der Waals surface area contributed by atoms with Crippen LogP contribution in [0.4, 0.5) is 0 Å². The normalized spacial score (nSPS) is 11.8. The molecule has 0 aliphatic rings. The standard InChI is InChI=1S/C12H18O/c1-9-6-5-7-11(10(9)2)12(3,4)8-13/h5-7,13H,8H2,1-4H3. The number of hydrogen-bond donors (Lipinski definition) is 1. The topological polar surface area (TPSA) is 20.2 Å². The Kier molecular flexibility index (Phi) is 2.77. The van der Waals surface area contributed by atoms with Gasteiger partial charge in [0.25, 0.3) is 0 Å². The van der Waals surface area contributed by atoms with Crippen molar-refractivity contribution in [3.05, 3.63) is 34.9 Å². The Morgan fingerprint density at radius 1 is 1.23 bits per heavy atom. The fourth-order valence-corrected chi connectivity index (χ4v) is 1.57. The van der Waals surface area contributed by atoms with Gasteiger partial charge in [-0.2, -0.15) is 0 Å². The van der Waals surface area contributed by atoms with E-state index in [0.29, 0.717) is 0 Å². The summed E-state index contributed by atoms with van der Waals surface area (Å²) in [6.45, 7) is 8.54. The maximum Gasteiger partial charge on any atom is 0.0522 e. The van der Waals surface area contributed by atoms with Crippen molar-refractivity contribution in [3.63, 3.8) is 0 Å². The van der Waals surface area contributed by atoms with Crippen molar-refractivity contribution in [2.24, 2.45) is 0 Å². The second-order valence-electron chi connectivity index (χ2n) is 4.29. The molecule has 1 aromatic carbocycles. The Morgan fingerprint density at radius 2 is 1.85 bits per heavy atom.